The van der Waals surface area contributed by atoms with Gasteiger partial charge in [-0.25, -0.2) is 0 Å². The second-order valence-corrected chi connectivity index (χ2v) is 2.79. The molecule has 0 amide bonds. The minimum absolute atomic E-state index is 0.0144. The van der Waals surface area contributed by atoms with Crippen LogP contribution in [0.3, 0.4) is 0 Å². The van der Waals surface area contributed by atoms with E-state index in [2.05, 4.69) is 0 Å². The number of phenols is 2. The molecule has 1 aromatic rings. The average molecular weight is 168 g/mol. The molecule has 0 aliphatic carbocycles. The minimum atomic E-state index is -0.0984. The first-order chi connectivity index (χ1) is 5.52. The van der Waals surface area contributed by atoms with Crippen LogP contribution in [0, 0.1) is 0 Å². The number of nitrogens with two attached hydrogens (primary N) is 1. The number of benzene rings is 1. The molecular weight excluding hydrogens is 156 g/mol. The van der Waals surface area contributed by atoms with Gasteiger partial charge >= 0.3 is 0 Å². The normalized spacial score (nSPS) is 9.83. The van der Waals surface area contributed by atoms with Crippen LogP contribution in [0.4, 0.5) is 11.4 Å². The van der Waals surface area contributed by atoms with Gasteiger partial charge in [-0.2, -0.15) is 0 Å². The molecule has 4 nitrogen and oxygen atoms in total. The topological polar surface area (TPSA) is 69.7 Å². The molecule has 0 heterocycles. The summed E-state index contributed by atoms with van der Waals surface area (Å²) in [6.07, 6.45) is 0. The molecule has 0 saturated heterocycles. The fourth-order valence-corrected chi connectivity index (χ4v) is 0.867. The standard InChI is InChI=1S/C8H12N2O2/c1-10(2)5-3-6(11)8(9)7(12)4-5/h3-4,11-12H,9H2,1-2H3. The number of rotatable bonds is 1. The van der Waals surface area contributed by atoms with Crippen LogP contribution in [0.5, 0.6) is 11.5 Å². The molecule has 0 saturated carbocycles. The van der Waals surface area contributed by atoms with Gasteiger partial charge in [0, 0.05) is 31.9 Å². The third-order valence-electron chi connectivity index (χ3n) is 1.64. The van der Waals surface area contributed by atoms with Crippen molar-refractivity contribution in [2.24, 2.45) is 0 Å². The van der Waals surface area contributed by atoms with Gasteiger partial charge in [0.15, 0.2) is 0 Å². The highest BCUT2D eigenvalue weighted by Crippen LogP contribution is 2.34. The summed E-state index contributed by atoms with van der Waals surface area (Å²) >= 11 is 0. The van der Waals surface area contributed by atoms with Crippen LogP contribution in [0.15, 0.2) is 12.1 Å². The smallest absolute Gasteiger partial charge is 0.144 e. The highest BCUT2D eigenvalue weighted by molar-refractivity contribution is 5.69. The monoisotopic (exact) mass is 168 g/mol. The number of anilines is 2. The molecule has 1 aromatic carbocycles. The molecule has 1 rings (SSSR count). The highest BCUT2D eigenvalue weighted by atomic mass is 16.3. The summed E-state index contributed by atoms with van der Waals surface area (Å²) in [5, 5.41) is 18.4. The fraction of sp³-hybridized carbons (Fsp3) is 0.250. The molecule has 0 aliphatic rings. The summed E-state index contributed by atoms with van der Waals surface area (Å²) in [5.74, 6) is -0.197. The van der Waals surface area contributed by atoms with Gasteiger partial charge in [0.1, 0.15) is 17.2 Å². The quantitative estimate of drug-likeness (QED) is 0.427. The van der Waals surface area contributed by atoms with Crippen molar-refractivity contribution in [3.8, 4) is 11.5 Å². The molecular formula is C8H12N2O2. The van der Waals surface area contributed by atoms with E-state index >= 15 is 0 Å². The molecule has 0 aromatic heterocycles. The Labute approximate surface area is 70.8 Å². The number of nitrogen functional groups attached to an aromatic ring is 1. The van der Waals surface area contributed by atoms with E-state index in [0.717, 1.165) is 0 Å². The van der Waals surface area contributed by atoms with Crippen LogP contribution in [0.2, 0.25) is 0 Å². The Hall–Kier alpha value is -1.58. The van der Waals surface area contributed by atoms with Gasteiger partial charge in [0.05, 0.1) is 0 Å². The zero-order chi connectivity index (χ0) is 9.30. The lowest BCUT2D eigenvalue weighted by Gasteiger charge is -2.13. The van der Waals surface area contributed by atoms with Crippen LogP contribution in [-0.4, -0.2) is 24.3 Å². The van der Waals surface area contributed by atoms with E-state index in [4.69, 9.17) is 5.73 Å². The average Bonchev–Trinajstić information content (AvgIpc) is 1.99. The number of nitrogens with zero attached hydrogens (tertiary/aromatic N) is 1. The number of aromatic hydroxyl groups is 2. The van der Waals surface area contributed by atoms with Crippen molar-refractivity contribution < 1.29 is 10.2 Å². The molecule has 0 spiro atoms. The van der Waals surface area contributed by atoms with Crippen LogP contribution < -0.4 is 10.6 Å². The van der Waals surface area contributed by atoms with Crippen molar-refractivity contribution in [3.05, 3.63) is 12.1 Å². The molecule has 12 heavy (non-hydrogen) atoms. The Morgan fingerprint density at radius 1 is 1.17 bits per heavy atom. The van der Waals surface area contributed by atoms with Crippen LogP contribution in [0.25, 0.3) is 0 Å². The molecule has 0 radical (unpaired) electrons. The van der Waals surface area contributed by atoms with Crippen molar-refractivity contribution >= 4 is 11.4 Å². The minimum Gasteiger partial charge on any atom is -0.506 e. The first kappa shape index (κ1) is 8.52. The molecule has 0 bridgehead atoms. The van der Waals surface area contributed by atoms with Crippen molar-refractivity contribution in [1.29, 1.82) is 0 Å². The van der Waals surface area contributed by atoms with E-state index in [9.17, 15) is 10.2 Å². The Balaban J connectivity index is 3.21. The summed E-state index contributed by atoms with van der Waals surface area (Å²) < 4.78 is 0. The molecule has 4 N–H and O–H groups in total. The van der Waals surface area contributed by atoms with E-state index in [1.54, 1.807) is 4.90 Å². The van der Waals surface area contributed by atoms with E-state index in [1.807, 2.05) is 14.1 Å². The Kier molecular flexibility index (Phi) is 1.99. The lowest BCUT2D eigenvalue weighted by atomic mass is 10.2. The third-order valence-corrected chi connectivity index (χ3v) is 1.64. The maximum Gasteiger partial charge on any atom is 0.144 e. The predicted octanol–water partition coefficient (Wildman–Crippen LogP) is 0.746. The molecule has 0 aliphatic heterocycles. The van der Waals surface area contributed by atoms with Gasteiger partial charge in [-0.05, 0) is 0 Å². The molecule has 0 atom stereocenters. The third kappa shape index (κ3) is 1.37. The second kappa shape index (κ2) is 2.81. The fourth-order valence-electron chi connectivity index (χ4n) is 0.867. The van der Waals surface area contributed by atoms with Gasteiger partial charge in [-0.15, -0.1) is 0 Å². The first-order valence-corrected chi connectivity index (χ1v) is 3.51. The summed E-state index contributed by atoms with van der Waals surface area (Å²) in [4.78, 5) is 1.76. The first-order valence-electron chi connectivity index (χ1n) is 3.51. The van der Waals surface area contributed by atoms with Crippen molar-refractivity contribution in [1.82, 2.24) is 0 Å². The molecule has 0 unspecified atom stereocenters. The number of hydrogen-bond donors (Lipinski definition) is 3. The summed E-state index contributed by atoms with van der Waals surface area (Å²) in [7, 11) is 3.62. The lowest BCUT2D eigenvalue weighted by Crippen LogP contribution is -2.08. The zero-order valence-electron chi connectivity index (χ0n) is 7.07. The van der Waals surface area contributed by atoms with Crippen LogP contribution in [0.1, 0.15) is 0 Å². The van der Waals surface area contributed by atoms with Gasteiger partial charge < -0.3 is 20.8 Å². The van der Waals surface area contributed by atoms with Crippen molar-refractivity contribution in [2.75, 3.05) is 24.7 Å². The number of hydrogen-bond acceptors (Lipinski definition) is 4. The summed E-state index contributed by atoms with van der Waals surface area (Å²) in [5.41, 5.74) is 6.05. The Bertz CT molecular complexity index is 274. The van der Waals surface area contributed by atoms with E-state index < -0.39 is 0 Å². The summed E-state index contributed by atoms with van der Waals surface area (Å²) in [6, 6.07) is 2.99. The summed E-state index contributed by atoms with van der Waals surface area (Å²) in [6.45, 7) is 0. The predicted molar refractivity (Wildman–Crippen MR) is 48.5 cm³/mol. The molecule has 0 fully saturated rings. The van der Waals surface area contributed by atoms with Gasteiger partial charge in [-0.3, -0.25) is 0 Å². The van der Waals surface area contributed by atoms with E-state index in [1.165, 1.54) is 12.1 Å². The maximum absolute atomic E-state index is 9.22. The van der Waals surface area contributed by atoms with Gasteiger partial charge in [0.2, 0.25) is 0 Å². The van der Waals surface area contributed by atoms with Gasteiger partial charge in [0.25, 0.3) is 0 Å². The number of phenolic OH excluding ortho intramolecular Hbond substituents is 2. The van der Waals surface area contributed by atoms with Crippen molar-refractivity contribution in [2.45, 2.75) is 0 Å². The van der Waals surface area contributed by atoms with Crippen LogP contribution in [-0.2, 0) is 0 Å². The highest BCUT2D eigenvalue weighted by Gasteiger charge is 2.06. The van der Waals surface area contributed by atoms with Crippen molar-refractivity contribution in [3.63, 3.8) is 0 Å². The Morgan fingerprint density at radius 3 is 1.92 bits per heavy atom. The lowest BCUT2D eigenvalue weighted by molar-refractivity contribution is 0.455. The van der Waals surface area contributed by atoms with Gasteiger partial charge in [-0.1, -0.05) is 0 Å². The molecule has 4 heteroatoms. The maximum atomic E-state index is 9.22. The van der Waals surface area contributed by atoms with E-state index in [-0.39, 0.29) is 17.2 Å². The second-order valence-electron chi connectivity index (χ2n) is 2.79. The largest absolute Gasteiger partial charge is 0.506 e. The zero-order valence-corrected chi connectivity index (χ0v) is 7.07. The Morgan fingerprint density at radius 2 is 1.58 bits per heavy atom. The SMILES string of the molecule is CN(C)c1cc(O)c(N)c(O)c1. The van der Waals surface area contributed by atoms with Crippen LogP contribution >= 0.6 is 0 Å². The molecule has 66 valence electrons. The van der Waals surface area contributed by atoms with E-state index in [0.29, 0.717) is 5.69 Å².